The molecular formula is C16H14S3. The molecule has 1 aromatic carbocycles. The fraction of sp³-hybridized carbons (Fsp3) is 0.188. The zero-order chi connectivity index (χ0) is 13.4. The van der Waals surface area contributed by atoms with Crippen LogP contribution in [0.15, 0.2) is 34.6 Å². The summed E-state index contributed by atoms with van der Waals surface area (Å²) >= 11 is 9.39. The lowest BCUT2D eigenvalue weighted by molar-refractivity contribution is 1.31. The molecule has 1 aromatic heterocycles. The Bertz CT molecular complexity index is 706. The van der Waals surface area contributed by atoms with Crippen molar-refractivity contribution in [3.05, 3.63) is 50.9 Å². The van der Waals surface area contributed by atoms with Gasteiger partial charge in [-0.25, -0.2) is 0 Å². The molecular weight excluding hydrogens is 288 g/mol. The number of rotatable bonds is 2. The van der Waals surface area contributed by atoms with Crippen LogP contribution in [0.25, 0.3) is 17.2 Å². The minimum Gasteiger partial charge on any atom is -0.128 e. The lowest BCUT2D eigenvalue weighted by Crippen LogP contribution is -1.89. The molecule has 0 fully saturated rings. The average Bonchev–Trinajstić information content (AvgIpc) is 2.88. The summed E-state index contributed by atoms with van der Waals surface area (Å²) in [5.74, 6) is 0. The molecule has 0 unspecified atom stereocenters. The SMILES string of the molecule is CSc1sc2c(c(=S)c1-c1ccc(C)cc1)CC=C2. The molecule has 3 heteroatoms. The number of aryl methyl sites for hydroxylation is 1. The predicted octanol–water partition coefficient (Wildman–Crippen LogP) is 5.74. The first-order chi connectivity index (χ1) is 9.20. The van der Waals surface area contributed by atoms with E-state index in [2.05, 4.69) is 49.6 Å². The van der Waals surface area contributed by atoms with Gasteiger partial charge in [0.15, 0.2) is 0 Å². The second-order valence-electron chi connectivity index (χ2n) is 4.61. The molecule has 0 bridgehead atoms. The van der Waals surface area contributed by atoms with Gasteiger partial charge < -0.3 is 0 Å². The first kappa shape index (κ1) is 13.1. The van der Waals surface area contributed by atoms with Crippen molar-refractivity contribution in [2.24, 2.45) is 0 Å². The Morgan fingerprint density at radius 3 is 2.63 bits per heavy atom. The molecule has 1 aliphatic carbocycles. The van der Waals surface area contributed by atoms with E-state index in [0.29, 0.717) is 0 Å². The average molecular weight is 302 g/mol. The molecule has 1 aliphatic rings. The fourth-order valence-corrected chi connectivity index (χ4v) is 4.92. The first-order valence-corrected chi connectivity index (χ1v) is 8.63. The largest absolute Gasteiger partial charge is 0.128 e. The molecule has 0 atom stereocenters. The molecule has 0 spiro atoms. The lowest BCUT2D eigenvalue weighted by atomic mass is 10.0. The summed E-state index contributed by atoms with van der Waals surface area (Å²) in [4.78, 5) is 1.34. The van der Waals surface area contributed by atoms with E-state index in [9.17, 15) is 0 Å². The van der Waals surface area contributed by atoms with Crippen LogP contribution in [0, 0.1) is 11.4 Å². The van der Waals surface area contributed by atoms with Gasteiger partial charge in [0, 0.05) is 10.4 Å². The van der Waals surface area contributed by atoms with Crippen molar-refractivity contribution in [2.75, 3.05) is 6.26 Å². The number of fused-ring (bicyclic) bond motifs is 1. The fourth-order valence-electron chi connectivity index (χ4n) is 2.29. The minimum absolute atomic E-state index is 0.984. The summed E-state index contributed by atoms with van der Waals surface area (Å²) in [6.07, 6.45) is 7.52. The van der Waals surface area contributed by atoms with Crippen molar-refractivity contribution in [3.8, 4) is 11.1 Å². The molecule has 0 saturated heterocycles. The highest BCUT2D eigenvalue weighted by Gasteiger charge is 2.16. The van der Waals surface area contributed by atoms with Crippen LogP contribution in [0.1, 0.15) is 16.0 Å². The molecule has 96 valence electrons. The summed E-state index contributed by atoms with van der Waals surface area (Å²) in [7, 11) is 0. The number of hydrogen-bond donors (Lipinski definition) is 0. The second kappa shape index (κ2) is 5.23. The van der Waals surface area contributed by atoms with E-state index in [1.807, 2.05) is 11.3 Å². The smallest absolute Gasteiger partial charge is 0.0695 e. The topological polar surface area (TPSA) is 0 Å². The van der Waals surface area contributed by atoms with E-state index in [1.165, 1.54) is 31.3 Å². The van der Waals surface area contributed by atoms with Crippen molar-refractivity contribution >= 4 is 41.4 Å². The van der Waals surface area contributed by atoms with E-state index in [1.54, 1.807) is 11.8 Å². The first-order valence-electron chi connectivity index (χ1n) is 6.18. The van der Waals surface area contributed by atoms with Gasteiger partial charge in [-0.1, -0.05) is 48.1 Å². The van der Waals surface area contributed by atoms with Crippen LogP contribution in [-0.2, 0) is 6.42 Å². The van der Waals surface area contributed by atoms with Gasteiger partial charge in [0.05, 0.1) is 8.72 Å². The van der Waals surface area contributed by atoms with Crippen molar-refractivity contribution in [3.63, 3.8) is 0 Å². The van der Waals surface area contributed by atoms with E-state index >= 15 is 0 Å². The number of allylic oxidation sites excluding steroid dienone is 1. The molecule has 2 aromatic rings. The Hall–Kier alpha value is -0.900. The third kappa shape index (κ3) is 2.31. The van der Waals surface area contributed by atoms with Crippen molar-refractivity contribution in [1.82, 2.24) is 0 Å². The van der Waals surface area contributed by atoms with Gasteiger partial charge in [-0.3, -0.25) is 0 Å². The second-order valence-corrected chi connectivity index (χ2v) is 7.15. The predicted molar refractivity (Wildman–Crippen MR) is 89.8 cm³/mol. The Morgan fingerprint density at radius 2 is 1.95 bits per heavy atom. The maximum absolute atomic E-state index is 5.74. The van der Waals surface area contributed by atoms with Crippen molar-refractivity contribution in [2.45, 2.75) is 17.6 Å². The van der Waals surface area contributed by atoms with Crippen LogP contribution in [0.3, 0.4) is 0 Å². The van der Waals surface area contributed by atoms with Gasteiger partial charge in [0.25, 0.3) is 0 Å². The third-order valence-corrected chi connectivity index (χ3v) is 6.09. The normalized spacial score (nSPS) is 12.7. The van der Waals surface area contributed by atoms with Crippen LogP contribution < -0.4 is 0 Å². The van der Waals surface area contributed by atoms with Gasteiger partial charge in [-0.15, -0.1) is 23.1 Å². The zero-order valence-electron chi connectivity index (χ0n) is 10.9. The van der Waals surface area contributed by atoms with Crippen LogP contribution in [-0.4, -0.2) is 6.26 Å². The van der Waals surface area contributed by atoms with Crippen molar-refractivity contribution in [1.29, 1.82) is 0 Å². The van der Waals surface area contributed by atoms with Crippen LogP contribution in [0.5, 0.6) is 0 Å². The summed E-state index contributed by atoms with van der Waals surface area (Å²) < 4.78 is 2.35. The van der Waals surface area contributed by atoms with Crippen LogP contribution in [0.4, 0.5) is 0 Å². The maximum Gasteiger partial charge on any atom is 0.0695 e. The summed E-state index contributed by atoms with van der Waals surface area (Å²) in [6.45, 7) is 2.11. The van der Waals surface area contributed by atoms with E-state index in [-0.39, 0.29) is 0 Å². The molecule has 0 nitrogen and oxygen atoms in total. The number of benzene rings is 1. The highest BCUT2D eigenvalue weighted by molar-refractivity contribution is 8.00. The van der Waals surface area contributed by atoms with Gasteiger partial charge in [-0.2, -0.15) is 0 Å². The van der Waals surface area contributed by atoms with E-state index in [0.717, 1.165) is 10.9 Å². The van der Waals surface area contributed by atoms with E-state index < -0.39 is 0 Å². The van der Waals surface area contributed by atoms with Crippen LogP contribution >= 0.6 is 35.3 Å². The number of thioether (sulfide) groups is 1. The van der Waals surface area contributed by atoms with Crippen LogP contribution in [0.2, 0.25) is 0 Å². The Labute approximate surface area is 127 Å². The molecule has 0 radical (unpaired) electrons. The molecule has 0 amide bonds. The van der Waals surface area contributed by atoms with Gasteiger partial charge in [-0.05, 0) is 36.8 Å². The monoisotopic (exact) mass is 302 g/mol. The summed E-state index contributed by atoms with van der Waals surface area (Å²) in [5.41, 5.74) is 5.10. The standard InChI is InChI=1S/C16H14S3/c1-10-6-8-11(9-7-10)14-15(17)12-4-3-5-13(12)19-16(14)18-2/h3,5-9H,4H2,1-2H3. The Balaban J connectivity index is 2.26. The Morgan fingerprint density at radius 1 is 1.21 bits per heavy atom. The third-order valence-electron chi connectivity index (χ3n) is 3.32. The lowest BCUT2D eigenvalue weighted by Gasteiger charge is -2.11. The van der Waals surface area contributed by atoms with Gasteiger partial charge >= 0.3 is 0 Å². The molecule has 0 N–H and O–H groups in total. The summed E-state index contributed by atoms with van der Waals surface area (Å²) in [5, 5.41) is 0. The van der Waals surface area contributed by atoms with Crippen molar-refractivity contribution < 1.29 is 0 Å². The van der Waals surface area contributed by atoms with E-state index in [4.69, 9.17) is 12.2 Å². The number of hydrogen-bond acceptors (Lipinski definition) is 3. The quantitative estimate of drug-likeness (QED) is 0.512. The highest BCUT2D eigenvalue weighted by Crippen LogP contribution is 2.40. The minimum atomic E-state index is 0.984. The van der Waals surface area contributed by atoms with Gasteiger partial charge in [0.1, 0.15) is 0 Å². The zero-order valence-corrected chi connectivity index (χ0v) is 13.3. The summed E-state index contributed by atoms with van der Waals surface area (Å²) in [6, 6.07) is 8.68. The van der Waals surface area contributed by atoms with Gasteiger partial charge in [0.2, 0.25) is 0 Å². The molecule has 19 heavy (non-hydrogen) atoms. The molecule has 0 aliphatic heterocycles. The molecule has 1 heterocycles. The molecule has 3 rings (SSSR count). The highest BCUT2D eigenvalue weighted by atomic mass is 32.2. The maximum atomic E-state index is 5.74. The Kier molecular flexibility index (Phi) is 3.61. The molecule has 0 saturated carbocycles.